The van der Waals surface area contributed by atoms with Crippen LogP contribution in [0, 0.1) is 10.2 Å². The topological polar surface area (TPSA) is 207 Å². The number of nitrogens with one attached hydrogen (secondary N) is 2. The summed E-state index contributed by atoms with van der Waals surface area (Å²) in [6, 6.07) is 5.36. The molecule has 0 aliphatic heterocycles. The first-order valence-electron chi connectivity index (χ1n) is 8.21. The van der Waals surface area contributed by atoms with Crippen LogP contribution in [-0.4, -0.2) is 39.5 Å². The Morgan fingerprint density at radius 3 is 2.45 bits per heavy atom. The Labute approximate surface area is 181 Å². The molecule has 2 aromatic rings. The van der Waals surface area contributed by atoms with Gasteiger partial charge in [-0.25, -0.2) is 23.6 Å². The number of nitrogens with two attached hydrogens (primary N) is 1. The third kappa shape index (κ3) is 15.0. The van der Waals surface area contributed by atoms with E-state index < -0.39 is 10.2 Å². The summed E-state index contributed by atoms with van der Waals surface area (Å²) < 4.78 is 34.0. The number of rotatable bonds is 8. The van der Waals surface area contributed by atoms with E-state index in [4.69, 9.17) is 24.4 Å². The maximum Gasteiger partial charge on any atom is 2.00 e. The molecule has 2 heterocycles. The third-order valence-corrected chi connectivity index (χ3v) is 3.09. The summed E-state index contributed by atoms with van der Waals surface area (Å²) in [7, 11) is -4.94. The average molecular weight is 478 g/mol. The fourth-order valence-corrected chi connectivity index (χ4v) is 1.99. The number of hydrogen-bond donors (Lipinski definition) is 3. The van der Waals surface area contributed by atoms with Gasteiger partial charge in [0.1, 0.15) is 0 Å². The fourth-order valence-electron chi connectivity index (χ4n) is 1.99. The molecule has 29 heavy (non-hydrogen) atoms. The van der Waals surface area contributed by atoms with E-state index in [0.29, 0.717) is 31.7 Å². The first-order valence-corrected chi connectivity index (χ1v) is 9.44. The minimum atomic E-state index is -4.94. The first-order chi connectivity index (χ1) is 12.9. The normalized spacial score (nSPS) is 12.0. The minimum absolute atomic E-state index is 0. The number of aliphatic imine (C=N–C) groups is 1. The molecule has 11 nitrogen and oxygen atoms in total. The van der Waals surface area contributed by atoms with Crippen LogP contribution in [0.25, 0.3) is 0 Å². The molecule has 0 unspecified atom stereocenters. The van der Waals surface area contributed by atoms with Gasteiger partial charge in [-0.05, 0) is 26.0 Å². The van der Waals surface area contributed by atoms with Crippen LogP contribution in [0.1, 0.15) is 30.9 Å². The van der Waals surface area contributed by atoms with E-state index in [0.717, 1.165) is 11.4 Å². The second kappa shape index (κ2) is 12.9. The summed E-state index contributed by atoms with van der Waals surface area (Å²) in [6.07, 6.45) is 4.03. The van der Waals surface area contributed by atoms with Crippen LogP contribution in [0.4, 0.5) is 0 Å². The van der Waals surface area contributed by atoms with Gasteiger partial charge in [-0.3, -0.25) is 9.98 Å². The predicted octanol–water partition coefficient (Wildman–Crippen LogP) is -4.78. The number of hydrogen-bond acceptors (Lipinski definition) is 10. The van der Waals surface area contributed by atoms with Gasteiger partial charge in [0, 0.05) is 43.7 Å². The van der Waals surface area contributed by atoms with Gasteiger partial charge in [-0.2, -0.15) is 0 Å². The Morgan fingerprint density at radius 2 is 1.90 bits per heavy atom. The summed E-state index contributed by atoms with van der Waals surface area (Å²) in [5.74, 6) is -0.304. The zero-order chi connectivity index (χ0) is 21.2. The first kappa shape index (κ1) is 27.4. The van der Waals surface area contributed by atoms with Crippen molar-refractivity contribution in [3.63, 3.8) is 0 Å². The molecule has 0 bridgehead atoms. The second-order valence-electron chi connectivity index (χ2n) is 6.48. The van der Waals surface area contributed by atoms with Crippen molar-refractivity contribution in [3.05, 3.63) is 47.8 Å². The Hall–Kier alpha value is -1.60. The number of pyridine rings is 1. The van der Waals surface area contributed by atoms with Gasteiger partial charge in [-0.15, -0.1) is 10.2 Å². The van der Waals surface area contributed by atoms with Gasteiger partial charge in [0.25, 0.3) is 0 Å². The molecule has 0 saturated carbocycles. The molecular weight excluding hydrogens is 455 g/mol. The van der Waals surface area contributed by atoms with Crippen LogP contribution >= 0.6 is 0 Å². The number of H-pyrrole nitrogens is 1. The standard InChI is InChI=1S/C16H24N6O.ClHO4.Cu/c1-16(2,17)10-18-9-13-4-3-5-14(22-13)15(23)20-7-6-12-8-19-11-21-12;2-1(3,4)5;/h3-5,8,11,18H,6-7,9-10,17H2,1-2H3,(H,19,21)(H,20,23);(H,2,3,4,5);/q;;+2/p-2. The van der Waals surface area contributed by atoms with E-state index in [2.05, 4.69) is 25.3 Å². The predicted molar refractivity (Wildman–Crippen MR) is 87.9 cm³/mol. The fraction of sp³-hybridized carbons (Fsp3) is 0.438. The van der Waals surface area contributed by atoms with Gasteiger partial charge < -0.3 is 21.1 Å². The molecule has 2 aromatic heterocycles. The Morgan fingerprint density at radius 1 is 1.24 bits per heavy atom. The molecule has 0 aromatic carbocycles. The summed E-state index contributed by atoms with van der Waals surface area (Å²) in [5, 5.41) is 15.3. The van der Waals surface area contributed by atoms with Crippen LogP contribution in [-0.2, 0) is 30.0 Å². The van der Waals surface area contributed by atoms with Crippen LogP contribution < -0.4 is 34.8 Å². The van der Waals surface area contributed by atoms with Crippen molar-refractivity contribution < 1.29 is 51.1 Å². The number of aromatic nitrogens is 3. The summed E-state index contributed by atoms with van der Waals surface area (Å²) in [5.41, 5.74) is 7.67. The van der Waals surface area contributed by atoms with E-state index in [1.54, 1.807) is 18.6 Å². The van der Waals surface area contributed by atoms with Crippen molar-refractivity contribution in [1.29, 1.82) is 0 Å². The van der Waals surface area contributed by atoms with E-state index in [1.165, 1.54) is 0 Å². The van der Waals surface area contributed by atoms with Crippen molar-refractivity contribution in [2.24, 2.45) is 10.7 Å². The van der Waals surface area contributed by atoms with Crippen LogP contribution in [0.15, 0.2) is 35.7 Å². The summed E-state index contributed by atoms with van der Waals surface area (Å²) in [4.78, 5) is 15.3. The van der Waals surface area contributed by atoms with Crippen molar-refractivity contribution in [1.82, 2.24) is 20.3 Å². The van der Waals surface area contributed by atoms with Gasteiger partial charge in [0.05, 0.1) is 23.4 Å². The van der Waals surface area contributed by atoms with E-state index in [1.807, 2.05) is 26.0 Å². The molecule has 1 radical (unpaired) electrons. The molecule has 2 rings (SSSR count). The molecule has 0 saturated heterocycles. The second-order valence-corrected chi connectivity index (χ2v) is 7.24. The maximum absolute atomic E-state index is 12.1. The molecule has 0 fully saturated rings. The van der Waals surface area contributed by atoms with Crippen molar-refractivity contribution in [2.75, 3.05) is 13.1 Å². The Kier molecular flexibility index (Phi) is 12.1. The molecule has 13 heteroatoms. The van der Waals surface area contributed by atoms with Crippen molar-refractivity contribution in [3.8, 4) is 0 Å². The molecule has 165 valence electrons. The number of imidazole rings is 1. The number of halogens is 1. The van der Waals surface area contributed by atoms with Crippen LogP contribution in [0.3, 0.4) is 0 Å². The number of nitrogens with zero attached hydrogens (tertiary/aromatic N) is 3. The minimum Gasteiger partial charge on any atom is -0.857 e. The Bertz CT molecular complexity index is 728. The zero-order valence-electron chi connectivity index (χ0n) is 15.9. The van der Waals surface area contributed by atoms with Gasteiger partial charge in [-0.1, -0.05) is 6.07 Å². The van der Waals surface area contributed by atoms with Gasteiger partial charge >= 0.3 is 17.1 Å². The van der Waals surface area contributed by atoms with E-state index in [-0.39, 0.29) is 28.5 Å². The van der Waals surface area contributed by atoms with Gasteiger partial charge in [0.2, 0.25) is 0 Å². The summed E-state index contributed by atoms with van der Waals surface area (Å²) in [6.45, 7) is 5.53. The van der Waals surface area contributed by atoms with Crippen molar-refractivity contribution >= 4 is 5.90 Å². The zero-order valence-corrected chi connectivity index (χ0v) is 17.6. The number of aromatic amines is 1. The average Bonchev–Trinajstić information content (AvgIpc) is 3.05. The van der Waals surface area contributed by atoms with E-state index >= 15 is 0 Å². The molecule has 0 atom stereocenters. The smallest absolute Gasteiger partial charge is 0.857 e. The molecular formula is C16H23ClCuN6O5. The van der Waals surface area contributed by atoms with Gasteiger partial charge in [0.15, 0.2) is 0 Å². The SMILES string of the molecule is CC(C)(N)CNCc1cccc(C([O-])=NCCc2c[nH]cn2)n1.[Cu+2].[O-][Cl+3]([O-])([O-])[O-]. The molecule has 4 N–H and O–H groups in total. The van der Waals surface area contributed by atoms with E-state index in [9.17, 15) is 5.11 Å². The van der Waals surface area contributed by atoms with Crippen LogP contribution in [0.2, 0.25) is 0 Å². The summed E-state index contributed by atoms with van der Waals surface area (Å²) >= 11 is 0. The quantitative estimate of drug-likeness (QED) is 0.189. The monoisotopic (exact) mass is 477 g/mol. The molecule has 0 aliphatic carbocycles. The molecule has 0 amide bonds. The Balaban J connectivity index is 0.00000117. The maximum atomic E-state index is 12.1. The largest absolute Gasteiger partial charge is 2.00 e. The third-order valence-electron chi connectivity index (χ3n) is 3.09. The molecule has 0 spiro atoms. The van der Waals surface area contributed by atoms with Crippen LogP contribution in [0.5, 0.6) is 0 Å². The van der Waals surface area contributed by atoms with Crippen molar-refractivity contribution in [2.45, 2.75) is 32.4 Å². The molecule has 0 aliphatic rings.